The van der Waals surface area contributed by atoms with Gasteiger partial charge >= 0.3 is 0 Å². The highest BCUT2D eigenvalue weighted by atomic mass is 32.2. The standard InChI is InChI=1S/C21H23FN4O2S/c1-2-11-29-25-15-3-5-17(22)20(12-15)28-16-4-6-18-19(13-16)24-21(14-23-18)26-7-9-27-10-8-26/h3-6,12-14,25H,2,7-11H2,1H3. The van der Waals surface area contributed by atoms with Crippen molar-refractivity contribution in [2.75, 3.05) is 41.7 Å². The van der Waals surface area contributed by atoms with Crippen LogP contribution in [-0.2, 0) is 4.74 Å². The van der Waals surface area contributed by atoms with E-state index in [0.29, 0.717) is 24.5 Å². The van der Waals surface area contributed by atoms with Gasteiger partial charge in [-0.2, -0.15) is 0 Å². The first kappa shape index (κ1) is 19.7. The fourth-order valence-corrected chi connectivity index (χ4v) is 3.60. The molecule has 2 aromatic carbocycles. The lowest BCUT2D eigenvalue weighted by atomic mass is 10.2. The lowest BCUT2D eigenvalue weighted by Gasteiger charge is -2.27. The highest BCUT2D eigenvalue weighted by Gasteiger charge is 2.14. The van der Waals surface area contributed by atoms with Crippen molar-refractivity contribution in [3.05, 3.63) is 48.4 Å². The Labute approximate surface area is 173 Å². The maximum absolute atomic E-state index is 14.3. The van der Waals surface area contributed by atoms with Crippen LogP contribution in [0.3, 0.4) is 0 Å². The summed E-state index contributed by atoms with van der Waals surface area (Å²) in [6.07, 6.45) is 2.84. The molecule has 3 aromatic rings. The van der Waals surface area contributed by atoms with Gasteiger partial charge in [-0.25, -0.2) is 9.37 Å². The molecule has 1 N–H and O–H groups in total. The zero-order valence-electron chi connectivity index (χ0n) is 16.2. The number of anilines is 2. The van der Waals surface area contributed by atoms with Crippen LogP contribution < -0.4 is 14.4 Å². The third kappa shape index (κ3) is 4.89. The first-order valence-electron chi connectivity index (χ1n) is 9.67. The van der Waals surface area contributed by atoms with E-state index in [1.165, 1.54) is 6.07 Å². The second-order valence-electron chi connectivity index (χ2n) is 6.68. The molecule has 2 heterocycles. The van der Waals surface area contributed by atoms with Crippen molar-refractivity contribution in [1.29, 1.82) is 0 Å². The summed E-state index contributed by atoms with van der Waals surface area (Å²) in [5.74, 6) is 2.06. The van der Waals surface area contributed by atoms with E-state index in [2.05, 4.69) is 21.5 Å². The Bertz CT molecular complexity index is 982. The first-order valence-corrected chi connectivity index (χ1v) is 10.7. The van der Waals surface area contributed by atoms with Gasteiger partial charge in [-0.15, -0.1) is 0 Å². The summed E-state index contributed by atoms with van der Waals surface area (Å²) in [7, 11) is 0. The van der Waals surface area contributed by atoms with Crippen LogP contribution in [0.25, 0.3) is 11.0 Å². The quantitative estimate of drug-likeness (QED) is 0.437. The average Bonchev–Trinajstić information content (AvgIpc) is 2.76. The number of halogens is 1. The number of benzene rings is 2. The van der Waals surface area contributed by atoms with Gasteiger partial charge in [0.2, 0.25) is 0 Å². The molecule has 152 valence electrons. The van der Waals surface area contributed by atoms with Crippen molar-refractivity contribution in [2.45, 2.75) is 13.3 Å². The summed E-state index contributed by atoms with van der Waals surface area (Å²) in [6.45, 7) is 5.06. The molecule has 1 aromatic heterocycles. The van der Waals surface area contributed by atoms with Gasteiger partial charge in [-0.05, 0) is 30.7 Å². The Morgan fingerprint density at radius 3 is 2.86 bits per heavy atom. The van der Waals surface area contributed by atoms with Crippen molar-refractivity contribution < 1.29 is 13.9 Å². The lowest BCUT2D eigenvalue weighted by molar-refractivity contribution is 0.122. The normalized spacial score (nSPS) is 14.2. The number of nitrogens with zero attached hydrogens (tertiary/aromatic N) is 3. The summed E-state index contributed by atoms with van der Waals surface area (Å²) < 4.78 is 28.7. The van der Waals surface area contributed by atoms with Gasteiger partial charge < -0.3 is 19.1 Å². The summed E-state index contributed by atoms with van der Waals surface area (Å²) in [5, 5.41) is 0. The number of hydrogen-bond acceptors (Lipinski definition) is 7. The van der Waals surface area contributed by atoms with E-state index in [0.717, 1.165) is 42.3 Å². The zero-order chi connectivity index (χ0) is 20.1. The van der Waals surface area contributed by atoms with Crippen LogP contribution >= 0.6 is 11.9 Å². The Morgan fingerprint density at radius 1 is 1.17 bits per heavy atom. The van der Waals surface area contributed by atoms with E-state index < -0.39 is 5.82 Å². The fourth-order valence-electron chi connectivity index (χ4n) is 3.00. The van der Waals surface area contributed by atoms with Crippen molar-refractivity contribution in [3.63, 3.8) is 0 Å². The molecule has 1 aliphatic rings. The number of ether oxygens (including phenoxy) is 2. The van der Waals surface area contributed by atoms with Gasteiger partial charge in [0.05, 0.1) is 30.4 Å². The molecule has 0 bridgehead atoms. The Morgan fingerprint density at radius 2 is 2.03 bits per heavy atom. The van der Waals surface area contributed by atoms with Crippen molar-refractivity contribution >= 4 is 34.5 Å². The number of morpholine rings is 1. The van der Waals surface area contributed by atoms with Crippen LogP contribution in [0.1, 0.15) is 13.3 Å². The van der Waals surface area contributed by atoms with Crippen LogP contribution in [-0.4, -0.2) is 42.0 Å². The first-order chi connectivity index (χ1) is 14.2. The predicted octanol–water partition coefficient (Wildman–Crippen LogP) is 4.87. The van der Waals surface area contributed by atoms with Crippen molar-refractivity contribution in [1.82, 2.24) is 9.97 Å². The van der Waals surface area contributed by atoms with E-state index in [9.17, 15) is 4.39 Å². The van der Waals surface area contributed by atoms with Crippen molar-refractivity contribution in [2.24, 2.45) is 0 Å². The molecule has 6 nitrogen and oxygen atoms in total. The predicted molar refractivity (Wildman–Crippen MR) is 115 cm³/mol. The summed E-state index contributed by atoms with van der Waals surface area (Å²) in [6, 6.07) is 10.2. The largest absolute Gasteiger partial charge is 0.454 e. The number of aromatic nitrogens is 2. The third-order valence-electron chi connectivity index (χ3n) is 4.49. The van der Waals surface area contributed by atoms with Gasteiger partial charge in [0.15, 0.2) is 11.6 Å². The number of rotatable bonds is 7. The summed E-state index contributed by atoms with van der Waals surface area (Å²) in [4.78, 5) is 11.3. The minimum Gasteiger partial charge on any atom is -0.454 e. The van der Waals surface area contributed by atoms with Crippen LogP contribution in [0.5, 0.6) is 11.5 Å². The van der Waals surface area contributed by atoms with Crippen LogP contribution in [0.4, 0.5) is 15.9 Å². The van der Waals surface area contributed by atoms with E-state index >= 15 is 0 Å². The molecule has 0 radical (unpaired) electrons. The highest BCUT2D eigenvalue weighted by molar-refractivity contribution is 8.00. The van der Waals surface area contributed by atoms with E-state index in [4.69, 9.17) is 14.5 Å². The fraction of sp³-hybridized carbons (Fsp3) is 0.333. The Kier molecular flexibility index (Phi) is 6.31. The van der Waals surface area contributed by atoms with Crippen LogP contribution in [0.2, 0.25) is 0 Å². The molecule has 8 heteroatoms. The molecular formula is C21H23FN4O2S. The molecule has 1 fully saturated rings. The van der Waals surface area contributed by atoms with Gasteiger partial charge in [0.25, 0.3) is 0 Å². The minimum absolute atomic E-state index is 0.170. The minimum atomic E-state index is -0.413. The molecule has 1 aliphatic heterocycles. The monoisotopic (exact) mass is 414 g/mol. The molecule has 0 spiro atoms. The maximum atomic E-state index is 14.3. The molecule has 0 saturated carbocycles. The zero-order valence-corrected chi connectivity index (χ0v) is 17.0. The van der Waals surface area contributed by atoms with Gasteiger partial charge in [-0.1, -0.05) is 18.9 Å². The number of fused-ring (bicyclic) bond motifs is 1. The lowest BCUT2D eigenvalue weighted by Crippen LogP contribution is -2.36. The molecule has 0 atom stereocenters. The molecule has 0 unspecified atom stereocenters. The summed E-state index contributed by atoms with van der Waals surface area (Å²) in [5.41, 5.74) is 2.27. The molecular weight excluding hydrogens is 391 g/mol. The summed E-state index contributed by atoms with van der Waals surface area (Å²) >= 11 is 1.58. The number of hydrogen-bond donors (Lipinski definition) is 1. The van der Waals surface area contributed by atoms with E-state index in [1.807, 2.05) is 6.07 Å². The molecule has 0 amide bonds. The van der Waals surface area contributed by atoms with E-state index in [1.54, 1.807) is 42.4 Å². The smallest absolute Gasteiger partial charge is 0.165 e. The average molecular weight is 415 g/mol. The second kappa shape index (κ2) is 9.28. The molecule has 4 rings (SSSR count). The SMILES string of the molecule is CCCSNc1ccc(F)c(Oc2ccc3ncc(N4CCOCC4)nc3c2)c1. The maximum Gasteiger partial charge on any atom is 0.165 e. The van der Waals surface area contributed by atoms with Gasteiger partial charge in [0.1, 0.15) is 11.6 Å². The Hall–Kier alpha value is -2.58. The van der Waals surface area contributed by atoms with Crippen molar-refractivity contribution in [3.8, 4) is 11.5 Å². The highest BCUT2D eigenvalue weighted by Crippen LogP contribution is 2.30. The molecule has 1 saturated heterocycles. The van der Waals surface area contributed by atoms with Gasteiger partial charge in [0, 0.05) is 36.7 Å². The van der Waals surface area contributed by atoms with Crippen LogP contribution in [0.15, 0.2) is 42.6 Å². The Balaban J connectivity index is 1.55. The van der Waals surface area contributed by atoms with E-state index in [-0.39, 0.29) is 5.75 Å². The number of nitrogens with one attached hydrogen (secondary N) is 1. The van der Waals surface area contributed by atoms with Gasteiger partial charge in [-0.3, -0.25) is 4.98 Å². The molecule has 29 heavy (non-hydrogen) atoms. The van der Waals surface area contributed by atoms with Crippen LogP contribution in [0, 0.1) is 5.82 Å². The third-order valence-corrected chi connectivity index (χ3v) is 5.48. The topological polar surface area (TPSA) is 59.5 Å². The second-order valence-corrected chi connectivity index (χ2v) is 7.58. The molecule has 0 aliphatic carbocycles.